The predicted molar refractivity (Wildman–Crippen MR) is 111 cm³/mol. The Morgan fingerprint density at radius 3 is 2.70 bits per heavy atom. The molecule has 0 saturated carbocycles. The highest BCUT2D eigenvalue weighted by atomic mass is 16.5. The Labute approximate surface area is 170 Å². The van der Waals surface area contributed by atoms with E-state index in [-0.39, 0.29) is 11.7 Å². The first-order valence-electron chi connectivity index (χ1n) is 10.1. The molecule has 1 aliphatic heterocycles. The van der Waals surface area contributed by atoms with Crippen LogP contribution in [-0.4, -0.2) is 36.8 Å². The number of rotatable bonds is 4. The second-order valence-corrected chi connectivity index (χ2v) is 7.59. The maximum absolute atomic E-state index is 13.4. The fourth-order valence-corrected chi connectivity index (χ4v) is 4.19. The van der Waals surface area contributed by atoms with E-state index in [2.05, 4.69) is 4.98 Å². The van der Waals surface area contributed by atoms with Crippen LogP contribution in [0, 0.1) is 0 Å². The number of hydrogen-bond donors (Lipinski definition) is 0. The van der Waals surface area contributed by atoms with Crippen LogP contribution in [-0.2, 0) is 17.8 Å². The molecule has 30 heavy (non-hydrogen) atoms. The van der Waals surface area contributed by atoms with Gasteiger partial charge >= 0.3 is 0 Å². The molecule has 150 valence electrons. The molecule has 6 rings (SSSR count). The number of furan rings is 1. The largest absolute Gasteiger partial charge is 0.467 e. The highest BCUT2D eigenvalue weighted by molar-refractivity contribution is 6.04. The van der Waals surface area contributed by atoms with Crippen LogP contribution < -0.4 is 5.56 Å². The minimum absolute atomic E-state index is 0.0466. The summed E-state index contributed by atoms with van der Waals surface area (Å²) >= 11 is 0. The van der Waals surface area contributed by atoms with Gasteiger partial charge in [-0.3, -0.25) is 9.36 Å². The van der Waals surface area contributed by atoms with Gasteiger partial charge in [0.25, 0.3) is 5.56 Å². The lowest BCUT2D eigenvalue weighted by atomic mass is 10.2. The van der Waals surface area contributed by atoms with Crippen LogP contribution in [0.2, 0.25) is 0 Å². The molecule has 0 unspecified atom stereocenters. The Balaban J connectivity index is 1.62. The summed E-state index contributed by atoms with van der Waals surface area (Å²) < 4.78 is 14.8. The fourth-order valence-electron chi connectivity index (χ4n) is 4.19. The van der Waals surface area contributed by atoms with Gasteiger partial charge in [0.05, 0.1) is 42.8 Å². The van der Waals surface area contributed by atoms with Crippen molar-refractivity contribution in [2.45, 2.75) is 32.0 Å². The van der Waals surface area contributed by atoms with Crippen molar-refractivity contribution in [3.63, 3.8) is 0 Å². The van der Waals surface area contributed by atoms with Gasteiger partial charge in [-0.05, 0) is 37.1 Å². The van der Waals surface area contributed by atoms with Crippen molar-refractivity contribution in [1.29, 1.82) is 0 Å². The summed E-state index contributed by atoms with van der Waals surface area (Å²) in [4.78, 5) is 27.7. The molecule has 0 aliphatic carbocycles. The van der Waals surface area contributed by atoms with E-state index in [1.165, 1.54) is 0 Å². The highest BCUT2D eigenvalue weighted by Gasteiger charge is 2.22. The lowest BCUT2D eigenvalue weighted by molar-refractivity contribution is 0.0960. The lowest BCUT2D eigenvalue weighted by Crippen LogP contribution is -2.26. The monoisotopic (exact) mass is 401 g/mol. The molecule has 0 spiro atoms. The van der Waals surface area contributed by atoms with E-state index in [1.54, 1.807) is 17.2 Å². The number of hydrogen-bond acceptors (Lipinski definition) is 6. The van der Waals surface area contributed by atoms with Crippen LogP contribution in [0.25, 0.3) is 33.2 Å². The van der Waals surface area contributed by atoms with Gasteiger partial charge < -0.3 is 13.7 Å². The molecule has 0 bridgehead atoms. The third-order valence-corrected chi connectivity index (χ3v) is 5.64. The van der Waals surface area contributed by atoms with E-state index >= 15 is 0 Å². The minimum Gasteiger partial charge on any atom is -0.467 e. The summed E-state index contributed by atoms with van der Waals surface area (Å²) in [6.45, 7) is 1.66. The average Bonchev–Trinajstić information content (AvgIpc) is 3.51. The summed E-state index contributed by atoms with van der Waals surface area (Å²) in [5, 5.41) is 0.482. The van der Waals surface area contributed by atoms with Crippen LogP contribution in [0.3, 0.4) is 0 Å². The van der Waals surface area contributed by atoms with Gasteiger partial charge in [-0.15, -0.1) is 0 Å². The molecule has 8 heteroatoms. The predicted octanol–water partition coefficient (Wildman–Crippen LogP) is 3.11. The Kier molecular flexibility index (Phi) is 3.92. The molecule has 5 heterocycles. The Morgan fingerprint density at radius 1 is 1.07 bits per heavy atom. The molecule has 1 aliphatic rings. The number of para-hydroxylation sites is 2. The summed E-state index contributed by atoms with van der Waals surface area (Å²) in [6.07, 6.45) is 5.26. The van der Waals surface area contributed by atoms with E-state index in [0.717, 1.165) is 36.2 Å². The standard InChI is InChI=1S/C22H19N5O3/c28-22-18-19-21(25-17-8-2-1-7-16(17)24-19)27(12-15-6-4-10-30-15)20(18)23-13-26(22)11-14-5-3-9-29-14/h1-2,4,6-8,10,13-14H,3,5,9,11-12H2/t14-/m1/s1. The maximum Gasteiger partial charge on any atom is 0.265 e. The first-order chi connectivity index (χ1) is 14.8. The van der Waals surface area contributed by atoms with Crippen molar-refractivity contribution < 1.29 is 9.15 Å². The first-order valence-corrected chi connectivity index (χ1v) is 10.1. The van der Waals surface area contributed by atoms with Crippen molar-refractivity contribution in [1.82, 2.24) is 24.1 Å². The van der Waals surface area contributed by atoms with Gasteiger partial charge in [-0.25, -0.2) is 15.0 Å². The van der Waals surface area contributed by atoms with E-state index in [0.29, 0.717) is 35.3 Å². The normalized spacial score (nSPS) is 16.9. The number of nitrogens with zero attached hydrogens (tertiary/aromatic N) is 5. The van der Waals surface area contributed by atoms with E-state index < -0.39 is 0 Å². The van der Waals surface area contributed by atoms with Crippen molar-refractivity contribution in [3.8, 4) is 0 Å². The zero-order valence-corrected chi connectivity index (χ0v) is 16.2. The summed E-state index contributed by atoms with van der Waals surface area (Å²) in [6, 6.07) is 11.4. The molecule has 1 aromatic carbocycles. The van der Waals surface area contributed by atoms with Crippen LogP contribution in [0.15, 0.2) is 58.2 Å². The van der Waals surface area contributed by atoms with Crippen molar-refractivity contribution in [3.05, 3.63) is 65.1 Å². The second kappa shape index (κ2) is 6.77. The third kappa shape index (κ3) is 2.72. The number of fused-ring (bicyclic) bond motifs is 4. The number of aromatic nitrogens is 5. The molecule has 0 radical (unpaired) electrons. The zero-order valence-electron chi connectivity index (χ0n) is 16.2. The molecule has 0 N–H and O–H groups in total. The Bertz CT molecular complexity index is 1430. The highest BCUT2D eigenvalue weighted by Crippen LogP contribution is 2.26. The third-order valence-electron chi connectivity index (χ3n) is 5.64. The molecule has 0 amide bonds. The van der Waals surface area contributed by atoms with E-state index in [9.17, 15) is 4.79 Å². The fraction of sp³-hybridized carbons (Fsp3) is 0.273. The molecule has 8 nitrogen and oxygen atoms in total. The van der Waals surface area contributed by atoms with Crippen molar-refractivity contribution in [2.24, 2.45) is 0 Å². The smallest absolute Gasteiger partial charge is 0.265 e. The molecule has 5 aromatic rings. The van der Waals surface area contributed by atoms with Crippen molar-refractivity contribution in [2.75, 3.05) is 6.61 Å². The molecule has 1 atom stereocenters. The first kappa shape index (κ1) is 17.3. The van der Waals surface area contributed by atoms with Crippen molar-refractivity contribution >= 4 is 33.2 Å². The molecular formula is C22H19N5O3. The molecule has 4 aromatic heterocycles. The molecule has 1 fully saturated rings. The van der Waals surface area contributed by atoms with Crippen LogP contribution in [0.4, 0.5) is 0 Å². The number of benzene rings is 1. The Morgan fingerprint density at radius 2 is 1.93 bits per heavy atom. The van der Waals surface area contributed by atoms with Gasteiger partial charge in [0.2, 0.25) is 0 Å². The summed E-state index contributed by atoms with van der Waals surface area (Å²) in [5.74, 6) is 0.758. The Hall–Kier alpha value is -3.52. The van der Waals surface area contributed by atoms with Crippen LogP contribution in [0.5, 0.6) is 0 Å². The zero-order chi connectivity index (χ0) is 20.1. The second-order valence-electron chi connectivity index (χ2n) is 7.59. The molecule has 1 saturated heterocycles. The van der Waals surface area contributed by atoms with Gasteiger partial charge in [-0.1, -0.05) is 12.1 Å². The molecular weight excluding hydrogens is 382 g/mol. The summed E-state index contributed by atoms with van der Waals surface area (Å²) in [7, 11) is 0. The van der Waals surface area contributed by atoms with E-state index in [1.807, 2.05) is 41.0 Å². The van der Waals surface area contributed by atoms with Crippen LogP contribution >= 0.6 is 0 Å². The van der Waals surface area contributed by atoms with E-state index in [4.69, 9.17) is 19.1 Å². The van der Waals surface area contributed by atoms with Gasteiger partial charge in [0.1, 0.15) is 16.7 Å². The quantitative estimate of drug-likeness (QED) is 0.460. The van der Waals surface area contributed by atoms with Gasteiger partial charge in [0, 0.05) is 6.61 Å². The number of ether oxygens (including phenoxy) is 1. The lowest BCUT2D eigenvalue weighted by Gasteiger charge is -2.11. The average molecular weight is 401 g/mol. The SMILES string of the molecule is O=c1c2c3nc4ccccc4nc3n(Cc3ccco3)c2ncn1C[C@H]1CCCO1. The maximum atomic E-state index is 13.4. The minimum atomic E-state index is -0.122. The topological polar surface area (TPSA) is 88.0 Å². The summed E-state index contributed by atoms with van der Waals surface area (Å²) in [5.41, 5.74) is 3.15. The van der Waals surface area contributed by atoms with Gasteiger partial charge in [-0.2, -0.15) is 0 Å². The van der Waals surface area contributed by atoms with Gasteiger partial charge in [0.15, 0.2) is 11.3 Å². The van der Waals surface area contributed by atoms with Crippen LogP contribution in [0.1, 0.15) is 18.6 Å².